The first-order valence-corrected chi connectivity index (χ1v) is 7.54. The van der Waals surface area contributed by atoms with Gasteiger partial charge in [-0.25, -0.2) is 4.31 Å². The van der Waals surface area contributed by atoms with Crippen molar-refractivity contribution in [2.45, 2.75) is 12.5 Å². The molecule has 1 saturated heterocycles. The number of β-lactam (4-membered cyclic amide) rings is 1. The van der Waals surface area contributed by atoms with Gasteiger partial charge in [-0.05, 0) is 17.7 Å². The molecule has 0 bridgehead atoms. The van der Waals surface area contributed by atoms with Crippen molar-refractivity contribution in [1.82, 2.24) is 4.31 Å². The van der Waals surface area contributed by atoms with Gasteiger partial charge in [0.05, 0.1) is 22.5 Å². The van der Waals surface area contributed by atoms with Gasteiger partial charge in [0.1, 0.15) is 0 Å². The molecule has 17 heavy (non-hydrogen) atoms. The molecule has 1 aliphatic heterocycles. The first-order valence-electron chi connectivity index (χ1n) is 4.52. The Morgan fingerprint density at radius 1 is 1.24 bits per heavy atom. The van der Waals surface area contributed by atoms with Gasteiger partial charge in [0.15, 0.2) is 0 Å². The molecule has 1 amide bonds. The van der Waals surface area contributed by atoms with Crippen molar-refractivity contribution < 1.29 is 13.2 Å². The third kappa shape index (κ3) is 2.38. The van der Waals surface area contributed by atoms with E-state index in [9.17, 15) is 13.2 Å². The standard InChI is InChI=1S/C9H6Cl3NO3S/c10-6-2-1-5(3-7(6)11)8-4-9(14)13(8)17(12,15)16/h1-3,8H,4H2. The van der Waals surface area contributed by atoms with Crippen molar-refractivity contribution in [2.24, 2.45) is 0 Å². The Morgan fingerprint density at radius 2 is 1.88 bits per heavy atom. The molecule has 1 aliphatic rings. The van der Waals surface area contributed by atoms with E-state index in [0.717, 1.165) is 0 Å². The molecule has 1 aromatic rings. The maximum absolute atomic E-state index is 11.2. The summed E-state index contributed by atoms with van der Waals surface area (Å²) in [6.07, 6.45) is 0.0872. The van der Waals surface area contributed by atoms with Crippen molar-refractivity contribution in [3.05, 3.63) is 33.8 Å². The largest absolute Gasteiger partial charge is 0.324 e. The summed E-state index contributed by atoms with van der Waals surface area (Å²) in [5.74, 6) is -0.531. The molecular formula is C9H6Cl3NO3S. The molecule has 1 atom stereocenters. The van der Waals surface area contributed by atoms with Gasteiger partial charge in [0, 0.05) is 10.7 Å². The number of halogens is 3. The summed E-state index contributed by atoms with van der Waals surface area (Å²) in [5, 5.41) is 0.664. The molecule has 1 unspecified atom stereocenters. The fourth-order valence-corrected chi connectivity index (χ4v) is 3.29. The average molecular weight is 315 g/mol. The molecule has 1 heterocycles. The average Bonchev–Trinajstić information content (AvgIpc) is 2.16. The topological polar surface area (TPSA) is 54.5 Å². The van der Waals surface area contributed by atoms with E-state index in [2.05, 4.69) is 0 Å². The minimum atomic E-state index is -4.06. The van der Waals surface area contributed by atoms with Gasteiger partial charge in [-0.2, -0.15) is 8.42 Å². The monoisotopic (exact) mass is 313 g/mol. The Hall–Kier alpha value is -0.490. The van der Waals surface area contributed by atoms with Crippen LogP contribution in [0, 0.1) is 0 Å². The fourth-order valence-electron chi connectivity index (χ4n) is 1.65. The second-order valence-corrected chi connectivity index (χ2v) is 6.73. The van der Waals surface area contributed by atoms with Crippen LogP contribution in [0.4, 0.5) is 0 Å². The highest BCUT2D eigenvalue weighted by Gasteiger charge is 2.44. The number of amides is 1. The predicted octanol–water partition coefficient (Wildman–Crippen LogP) is 2.75. The quantitative estimate of drug-likeness (QED) is 0.623. The summed E-state index contributed by atoms with van der Waals surface area (Å²) >= 11 is 11.6. The Labute approximate surface area is 113 Å². The number of hydrogen-bond acceptors (Lipinski definition) is 3. The third-order valence-corrected chi connectivity index (χ3v) is 4.57. The summed E-state index contributed by atoms with van der Waals surface area (Å²) < 4.78 is 23.0. The van der Waals surface area contributed by atoms with Gasteiger partial charge < -0.3 is 0 Å². The minimum Gasteiger partial charge on any atom is -0.274 e. The molecule has 2 rings (SSSR count). The van der Waals surface area contributed by atoms with Crippen LogP contribution < -0.4 is 0 Å². The predicted molar refractivity (Wildman–Crippen MR) is 65.4 cm³/mol. The zero-order valence-electron chi connectivity index (χ0n) is 8.23. The molecule has 0 radical (unpaired) electrons. The highest BCUT2D eigenvalue weighted by molar-refractivity contribution is 8.12. The van der Waals surface area contributed by atoms with Crippen molar-refractivity contribution in [2.75, 3.05) is 0 Å². The lowest BCUT2D eigenvalue weighted by atomic mass is 9.97. The van der Waals surface area contributed by atoms with Crippen LogP contribution in [0.1, 0.15) is 18.0 Å². The van der Waals surface area contributed by atoms with Gasteiger partial charge in [0.25, 0.3) is 0 Å². The lowest BCUT2D eigenvalue weighted by molar-refractivity contribution is -0.137. The van der Waals surface area contributed by atoms with E-state index in [1.54, 1.807) is 12.1 Å². The molecule has 4 nitrogen and oxygen atoms in total. The SMILES string of the molecule is O=C1CC(c2ccc(Cl)c(Cl)c2)N1S(=O)(=O)Cl. The Balaban J connectivity index is 2.36. The first-order chi connectivity index (χ1) is 7.80. The Kier molecular flexibility index (Phi) is 3.29. The van der Waals surface area contributed by atoms with Crippen LogP contribution in [0.25, 0.3) is 0 Å². The molecule has 0 saturated carbocycles. The van der Waals surface area contributed by atoms with Crippen LogP contribution in [0.5, 0.6) is 0 Å². The summed E-state index contributed by atoms with van der Waals surface area (Å²) in [5.41, 5.74) is 0.586. The Morgan fingerprint density at radius 3 is 2.35 bits per heavy atom. The first kappa shape index (κ1) is 13.0. The number of rotatable bonds is 2. The molecule has 0 aliphatic carbocycles. The second kappa shape index (κ2) is 4.31. The molecule has 0 aromatic heterocycles. The minimum absolute atomic E-state index is 0.0872. The van der Waals surface area contributed by atoms with Crippen molar-refractivity contribution in [1.29, 1.82) is 0 Å². The second-order valence-electron chi connectivity index (χ2n) is 3.53. The van der Waals surface area contributed by atoms with Crippen LogP contribution in [0.3, 0.4) is 0 Å². The zero-order chi connectivity index (χ0) is 12.8. The van der Waals surface area contributed by atoms with Crippen molar-refractivity contribution in [3.63, 3.8) is 0 Å². The van der Waals surface area contributed by atoms with Crippen LogP contribution in [0.2, 0.25) is 10.0 Å². The van der Waals surface area contributed by atoms with E-state index in [0.29, 0.717) is 19.9 Å². The molecule has 1 fully saturated rings. The number of hydrogen-bond donors (Lipinski definition) is 0. The van der Waals surface area contributed by atoms with E-state index in [1.807, 2.05) is 0 Å². The van der Waals surface area contributed by atoms with E-state index >= 15 is 0 Å². The van der Waals surface area contributed by atoms with E-state index < -0.39 is 21.2 Å². The van der Waals surface area contributed by atoms with Crippen LogP contribution in [0.15, 0.2) is 18.2 Å². The fraction of sp³-hybridized carbons (Fsp3) is 0.222. The highest BCUT2D eigenvalue weighted by atomic mass is 35.7. The van der Waals surface area contributed by atoms with Gasteiger partial charge >= 0.3 is 9.24 Å². The summed E-state index contributed by atoms with van der Waals surface area (Å²) in [6.45, 7) is 0. The van der Waals surface area contributed by atoms with Crippen LogP contribution in [-0.2, 0) is 14.0 Å². The number of carbonyl (C=O) groups is 1. The van der Waals surface area contributed by atoms with Gasteiger partial charge in [-0.1, -0.05) is 29.3 Å². The van der Waals surface area contributed by atoms with Gasteiger partial charge in [-0.3, -0.25) is 4.79 Å². The lowest BCUT2D eigenvalue weighted by Crippen LogP contribution is -2.47. The van der Waals surface area contributed by atoms with E-state index in [1.165, 1.54) is 6.07 Å². The van der Waals surface area contributed by atoms with Crippen molar-refractivity contribution >= 4 is 49.0 Å². The molecular weight excluding hydrogens is 309 g/mol. The van der Waals surface area contributed by atoms with Gasteiger partial charge in [0.2, 0.25) is 5.91 Å². The van der Waals surface area contributed by atoms with Crippen molar-refractivity contribution in [3.8, 4) is 0 Å². The molecule has 1 aromatic carbocycles. The number of carbonyl (C=O) groups excluding carboxylic acids is 1. The molecule has 0 N–H and O–H groups in total. The lowest BCUT2D eigenvalue weighted by Gasteiger charge is -2.37. The smallest absolute Gasteiger partial charge is 0.274 e. The highest BCUT2D eigenvalue weighted by Crippen LogP contribution is 2.39. The van der Waals surface area contributed by atoms with E-state index in [4.69, 9.17) is 33.9 Å². The van der Waals surface area contributed by atoms with Crippen LogP contribution in [-0.4, -0.2) is 18.6 Å². The molecule has 92 valence electrons. The summed E-state index contributed by atoms with van der Waals surface area (Å²) in [7, 11) is 1.11. The van der Waals surface area contributed by atoms with Crippen LogP contribution >= 0.6 is 33.9 Å². The number of nitrogens with zero attached hydrogens (tertiary/aromatic N) is 1. The zero-order valence-corrected chi connectivity index (χ0v) is 11.3. The summed E-state index contributed by atoms with van der Waals surface area (Å²) in [4.78, 5) is 11.2. The van der Waals surface area contributed by atoms with Gasteiger partial charge in [-0.15, -0.1) is 0 Å². The summed E-state index contributed by atoms with van der Waals surface area (Å²) in [6, 6.07) is 4.08. The Bertz CT molecular complexity index is 587. The maximum Gasteiger partial charge on any atom is 0.324 e. The number of benzene rings is 1. The third-order valence-electron chi connectivity index (χ3n) is 2.46. The maximum atomic E-state index is 11.2. The molecule has 8 heteroatoms. The normalized spacial score (nSPS) is 20.3. The molecule has 0 spiro atoms. The van der Waals surface area contributed by atoms with E-state index in [-0.39, 0.29) is 6.42 Å².